The van der Waals surface area contributed by atoms with Gasteiger partial charge in [0.25, 0.3) is 0 Å². The minimum absolute atomic E-state index is 0.233. The van der Waals surface area contributed by atoms with Crippen LogP contribution in [0, 0.1) is 26.4 Å². The third kappa shape index (κ3) is 3.56. The van der Waals surface area contributed by atoms with Crippen LogP contribution in [0.25, 0.3) is 44.3 Å². The normalized spacial score (nSPS) is 19.0. The molecule has 0 aliphatic heterocycles. The minimum atomic E-state index is -2.65. The van der Waals surface area contributed by atoms with Crippen molar-refractivity contribution in [2.45, 2.75) is 52.2 Å². The molecule has 1 aliphatic rings. The maximum Gasteiger partial charge on any atom is 0.216 e. The Morgan fingerprint density at radius 1 is 0.886 bits per heavy atom. The van der Waals surface area contributed by atoms with Crippen LogP contribution in [0.1, 0.15) is 63.4 Å². The summed E-state index contributed by atoms with van der Waals surface area (Å²) in [7, 11) is 1.67. The van der Waals surface area contributed by atoms with E-state index in [9.17, 15) is 0 Å². The SMILES string of the molecule is [2H]C([2H])([2H])c1cc(-c2c(C)ccc3c2oc2c(-c4ccc(C5([2H])CCCC5)cc4)c(F)ccc23)[n+](C)cc1C([2H])([2H])[2H]. The van der Waals surface area contributed by atoms with Crippen LogP contribution in [0.2, 0.25) is 0 Å². The summed E-state index contributed by atoms with van der Waals surface area (Å²) >= 11 is 0. The average Bonchev–Trinajstić information content (AvgIpc) is 3.52. The van der Waals surface area contributed by atoms with Crippen LogP contribution >= 0.6 is 0 Å². The Bertz CT molecular complexity index is 1850. The van der Waals surface area contributed by atoms with Crippen molar-refractivity contribution in [3.63, 3.8) is 0 Å². The number of hydrogen-bond acceptors (Lipinski definition) is 1. The molecule has 35 heavy (non-hydrogen) atoms. The van der Waals surface area contributed by atoms with E-state index >= 15 is 4.39 Å². The van der Waals surface area contributed by atoms with E-state index in [4.69, 9.17) is 14.0 Å². The lowest BCUT2D eigenvalue weighted by atomic mass is 9.94. The second-order valence-electron chi connectivity index (χ2n) is 9.52. The van der Waals surface area contributed by atoms with Crippen LogP contribution < -0.4 is 4.57 Å². The highest BCUT2D eigenvalue weighted by Gasteiger charge is 2.24. The van der Waals surface area contributed by atoms with Gasteiger partial charge in [0.05, 0.1) is 11.1 Å². The van der Waals surface area contributed by atoms with Gasteiger partial charge in [-0.2, -0.15) is 0 Å². The smallest absolute Gasteiger partial charge is 0.216 e. The quantitative estimate of drug-likeness (QED) is 0.241. The Morgan fingerprint density at radius 2 is 1.57 bits per heavy atom. The Balaban J connectivity index is 1.58. The van der Waals surface area contributed by atoms with Crippen molar-refractivity contribution in [1.82, 2.24) is 0 Å². The van der Waals surface area contributed by atoms with E-state index in [1.54, 1.807) is 17.7 Å². The van der Waals surface area contributed by atoms with Gasteiger partial charge in [-0.25, -0.2) is 8.96 Å². The van der Waals surface area contributed by atoms with Crippen molar-refractivity contribution in [3.05, 3.63) is 88.9 Å². The molecule has 0 atom stereocenters. The van der Waals surface area contributed by atoms with Gasteiger partial charge in [0.15, 0.2) is 6.20 Å². The molecule has 2 aromatic heterocycles. The van der Waals surface area contributed by atoms with Gasteiger partial charge < -0.3 is 4.42 Å². The first-order chi connectivity index (χ1) is 19.7. The van der Waals surface area contributed by atoms with Crippen molar-refractivity contribution >= 4 is 21.9 Å². The van der Waals surface area contributed by atoms with Gasteiger partial charge >= 0.3 is 0 Å². The number of hydrogen-bond donors (Lipinski definition) is 0. The maximum absolute atomic E-state index is 15.5. The predicted molar refractivity (Wildman–Crippen MR) is 141 cm³/mol. The molecular formula is C32H31FNO+. The number of benzene rings is 3. The van der Waals surface area contributed by atoms with E-state index in [-0.39, 0.29) is 11.1 Å². The van der Waals surface area contributed by atoms with Crippen LogP contribution in [0.15, 0.2) is 65.2 Å². The molecular weight excluding hydrogens is 433 g/mol. The van der Waals surface area contributed by atoms with Crippen LogP contribution in [0.5, 0.6) is 0 Å². The van der Waals surface area contributed by atoms with Crippen molar-refractivity contribution < 1.29 is 23.0 Å². The zero-order valence-electron chi connectivity index (χ0n) is 26.8. The predicted octanol–water partition coefficient (Wildman–Crippen LogP) is 8.47. The third-order valence-electron chi connectivity index (χ3n) is 7.29. The lowest BCUT2D eigenvalue weighted by Crippen LogP contribution is -2.31. The number of aromatic nitrogens is 1. The number of furan rings is 1. The number of nitrogens with zero attached hydrogens (tertiary/aromatic N) is 1. The first kappa shape index (κ1) is 15.5. The molecule has 2 nitrogen and oxygen atoms in total. The Morgan fingerprint density at radius 3 is 2.29 bits per heavy atom. The first-order valence-electron chi connectivity index (χ1n) is 15.5. The molecule has 0 N–H and O–H groups in total. The molecule has 5 aromatic rings. The summed E-state index contributed by atoms with van der Waals surface area (Å²) in [4.78, 5) is 0. The van der Waals surface area contributed by atoms with Gasteiger partial charge in [-0.05, 0) is 73.7 Å². The van der Waals surface area contributed by atoms with Gasteiger partial charge in [-0.1, -0.05) is 49.2 Å². The Labute approximate surface area is 215 Å². The Hall–Kier alpha value is -3.46. The summed E-state index contributed by atoms with van der Waals surface area (Å²) < 4.78 is 80.3. The number of rotatable bonds is 3. The highest BCUT2D eigenvalue weighted by molar-refractivity contribution is 6.13. The van der Waals surface area contributed by atoms with E-state index in [2.05, 4.69) is 0 Å². The lowest BCUT2D eigenvalue weighted by Gasteiger charge is -2.11. The van der Waals surface area contributed by atoms with E-state index < -0.39 is 25.4 Å². The molecule has 3 heteroatoms. The molecule has 1 aliphatic carbocycles. The molecule has 0 bridgehead atoms. The molecule has 176 valence electrons. The summed E-state index contributed by atoms with van der Waals surface area (Å²) in [6, 6.07) is 15.8. The largest absolute Gasteiger partial charge is 0.454 e. The number of halogens is 1. The fourth-order valence-electron chi connectivity index (χ4n) is 5.43. The number of fused-ring (bicyclic) bond motifs is 3. The lowest BCUT2D eigenvalue weighted by molar-refractivity contribution is -0.660. The van der Waals surface area contributed by atoms with E-state index in [0.717, 1.165) is 42.2 Å². The van der Waals surface area contributed by atoms with Gasteiger partial charge in [-0.15, -0.1) is 0 Å². The zero-order valence-corrected chi connectivity index (χ0v) is 19.8. The summed E-state index contributed by atoms with van der Waals surface area (Å²) in [5, 5.41) is 1.44. The van der Waals surface area contributed by atoms with Gasteiger partial charge in [0.2, 0.25) is 5.69 Å². The van der Waals surface area contributed by atoms with E-state index in [0.29, 0.717) is 38.9 Å². The fraction of sp³-hybridized carbons (Fsp3) is 0.281. The molecule has 6 rings (SSSR count). The van der Waals surface area contributed by atoms with Gasteiger partial charge in [0.1, 0.15) is 24.0 Å². The first-order valence-corrected chi connectivity index (χ1v) is 12.0. The highest BCUT2D eigenvalue weighted by Crippen LogP contribution is 2.42. The van der Waals surface area contributed by atoms with E-state index in [1.165, 1.54) is 18.3 Å². The van der Waals surface area contributed by atoms with Gasteiger partial charge in [0, 0.05) is 32.0 Å². The molecule has 3 aromatic carbocycles. The topological polar surface area (TPSA) is 17.0 Å². The van der Waals surface area contributed by atoms with Crippen LogP contribution in [0.4, 0.5) is 4.39 Å². The van der Waals surface area contributed by atoms with Gasteiger partial charge in [-0.3, -0.25) is 0 Å². The molecule has 0 spiro atoms. The van der Waals surface area contributed by atoms with Crippen molar-refractivity contribution in [1.29, 1.82) is 0 Å². The summed E-state index contributed by atoms with van der Waals surface area (Å²) in [6.45, 7) is -3.39. The van der Waals surface area contributed by atoms with Crippen LogP contribution in [0.3, 0.4) is 0 Å². The molecule has 0 saturated heterocycles. The number of pyridine rings is 1. The van der Waals surface area contributed by atoms with Crippen LogP contribution in [-0.4, -0.2) is 0 Å². The standard InChI is InChI=1S/C32H31FNO/c1-19-9-14-25-26-15-16-27(33)30(24-12-10-23(11-13-24)22-7-5-6-8-22)32(26)35-31(25)29(19)28-17-20(2)21(3)18-34(28)4/h9-18,22H,5-8H2,1-4H3/q+1/i2D3,3D3,22D. The highest BCUT2D eigenvalue weighted by atomic mass is 19.1. The molecule has 1 fully saturated rings. The molecule has 0 amide bonds. The second kappa shape index (κ2) is 8.34. The summed E-state index contributed by atoms with van der Waals surface area (Å²) in [5.74, 6) is -1.04. The monoisotopic (exact) mass is 471 g/mol. The fourth-order valence-corrected chi connectivity index (χ4v) is 5.43. The average molecular weight is 472 g/mol. The summed E-state index contributed by atoms with van der Waals surface area (Å²) in [5.41, 5.74) is 4.09. The van der Waals surface area contributed by atoms with Crippen molar-refractivity contribution in [2.75, 3.05) is 0 Å². The second-order valence-corrected chi connectivity index (χ2v) is 9.52. The summed E-state index contributed by atoms with van der Waals surface area (Å²) in [6.07, 6.45) is 5.04. The molecule has 2 heterocycles. The minimum Gasteiger partial charge on any atom is -0.454 e. The maximum atomic E-state index is 15.5. The van der Waals surface area contributed by atoms with Crippen molar-refractivity contribution in [3.8, 4) is 22.4 Å². The Kier molecular flexibility index (Phi) is 3.70. The number of aryl methyl sites for hydroxylation is 4. The zero-order chi connectivity index (χ0) is 30.2. The van der Waals surface area contributed by atoms with E-state index in [1.807, 2.05) is 43.3 Å². The molecule has 0 radical (unpaired) electrons. The molecule has 1 saturated carbocycles. The molecule has 0 unspecified atom stereocenters. The third-order valence-corrected chi connectivity index (χ3v) is 7.29. The van der Waals surface area contributed by atoms with Crippen LogP contribution in [-0.2, 0) is 7.05 Å². The van der Waals surface area contributed by atoms with Crippen molar-refractivity contribution in [2.24, 2.45) is 7.05 Å².